The third kappa shape index (κ3) is 2.90. The Morgan fingerprint density at radius 3 is 2.87 bits per heavy atom. The summed E-state index contributed by atoms with van der Waals surface area (Å²) < 4.78 is 5.00. The lowest BCUT2D eigenvalue weighted by Crippen LogP contribution is -2.51. The molecule has 0 aromatic heterocycles. The Hall–Kier alpha value is -0.650. The van der Waals surface area contributed by atoms with Gasteiger partial charge in [0.15, 0.2) is 0 Å². The number of hydrogen-bond donors (Lipinski definition) is 2. The van der Waals surface area contributed by atoms with Gasteiger partial charge in [0.25, 0.3) is 0 Å². The topological polar surface area (TPSA) is 75.8 Å². The number of carboxylic acid groups (broad SMARTS) is 1. The molecule has 88 valence electrons. The zero-order valence-electron chi connectivity index (χ0n) is 9.40. The van der Waals surface area contributed by atoms with E-state index in [0.29, 0.717) is 25.6 Å². The van der Waals surface area contributed by atoms with Crippen molar-refractivity contribution in [2.75, 3.05) is 26.8 Å². The van der Waals surface area contributed by atoms with E-state index in [1.165, 1.54) is 0 Å². The maximum Gasteiger partial charge on any atom is 0.325 e. The van der Waals surface area contributed by atoms with Crippen molar-refractivity contribution >= 4 is 5.97 Å². The SMILES string of the molecule is COCCC(C)N1CCC(N)(C(=O)O)C1. The largest absolute Gasteiger partial charge is 0.480 e. The Morgan fingerprint density at radius 2 is 2.40 bits per heavy atom. The third-order valence-corrected chi connectivity index (χ3v) is 3.12. The highest BCUT2D eigenvalue weighted by atomic mass is 16.5. The van der Waals surface area contributed by atoms with E-state index >= 15 is 0 Å². The van der Waals surface area contributed by atoms with E-state index in [-0.39, 0.29) is 0 Å². The van der Waals surface area contributed by atoms with E-state index in [9.17, 15) is 4.79 Å². The molecule has 5 heteroatoms. The number of nitrogens with zero attached hydrogens (tertiary/aromatic N) is 1. The van der Waals surface area contributed by atoms with Gasteiger partial charge < -0.3 is 15.6 Å². The molecule has 1 aliphatic rings. The zero-order chi connectivity index (χ0) is 11.5. The maximum absolute atomic E-state index is 10.9. The molecule has 2 unspecified atom stereocenters. The Kier molecular flexibility index (Phi) is 4.07. The molecule has 0 aliphatic carbocycles. The minimum Gasteiger partial charge on any atom is -0.480 e. The van der Waals surface area contributed by atoms with Crippen molar-refractivity contribution in [2.45, 2.75) is 31.3 Å². The van der Waals surface area contributed by atoms with Gasteiger partial charge in [0, 0.05) is 32.8 Å². The fraction of sp³-hybridized carbons (Fsp3) is 0.900. The van der Waals surface area contributed by atoms with Gasteiger partial charge in [0.1, 0.15) is 5.54 Å². The second-order valence-electron chi connectivity index (χ2n) is 4.31. The Labute approximate surface area is 90.2 Å². The summed E-state index contributed by atoms with van der Waals surface area (Å²) in [4.78, 5) is 13.0. The summed E-state index contributed by atoms with van der Waals surface area (Å²) in [6.07, 6.45) is 1.44. The van der Waals surface area contributed by atoms with Gasteiger partial charge in [-0.2, -0.15) is 0 Å². The van der Waals surface area contributed by atoms with Gasteiger partial charge in [0.2, 0.25) is 0 Å². The van der Waals surface area contributed by atoms with E-state index in [4.69, 9.17) is 15.6 Å². The summed E-state index contributed by atoms with van der Waals surface area (Å²) in [5.41, 5.74) is 4.73. The molecular weight excluding hydrogens is 196 g/mol. The number of likely N-dealkylation sites (tertiary alicyclic amines) is 1. The Balaban J connectivity index is 2.45. The van der Waals surface area contributed by atoms with Crippen molar-refractivity contribution < 1.29 is 14.6 Å². The number of carbonyl (C=O) groups is 1. The maximum atomic E-state index is 10.9. The first-order valence-electron chi connectivity index (χ1n) is 5.25. The Bertz CT molecular complexity index is 235. The van der Waals surface area contributed by atoms with Gasteiger partial charge >= 0.3 is 5.97 Å². The molecule has 0 saturated carbocycles. The number of rotatable bonds is 5. The monoisotopic (exact) mass is 216 g/mol. The lowest BCUT2D eigenvalue weighted by atomic mass is 10.0. The molecule has 0 bridgehead atoms. The number of methoxy groups -OCH3 is 1. The molecule has 1 rings (SSSR count). The summed E-state index contributed by atoms with van der Waals surface area (Å²) in [6, 6.07) is 0.328. The van der Waals surface area contributed by atoms with Crippen LogP contribution < -0.4 is 5.73 Å². The highest BCUT2D eigenvalue weighted by Crippen LogP contribution is 2.22. The summed E-state index contributed by atoms with van der Waals surface area (Å²) >= 11 is 0. The quantitative estimate of drug-likeness (QED) is 0.671. The van der Waals surface area contributed by atoms with Gasteiger partial charge in [-0.05, 0) is 19.8 Å². The molecule has 3 N–H and O–H groups in total. The standard InChI is InChI=1S/C10H20N2O3/c1-8(3-6-15-2)12-5-4-10(11,7-12)9(13)14/h8H,3-7,11H2,1-2H3,(H,13,14). The molecule has 0 aromatic rings. The van der Waals surface area contributed by atoms with Crippen LogP contribution in [0.3, 0.4) is 0 Å². The first-order chi connectivity index (χ1) is 6.99. The van der Waals surface area contributed by atoms with Crippen molar-refractivity contribution in [1.82, 2.24) is 4.90 Å². The zero-order valence-corrected chi connectivity index (χ0v) is 9.40. The van der Waals surface area contributed by atoms with Crippen LogP contribution >= 0.6 is 0 Å². The molecule has 0 radical (unpaired) electrons. The highest BCUT2D eigenvalue weighted by Gasteiger charge is 2.42. The van der Waals surface area contributed by atoms with E-state index < -0.39 is 11.5 Å². The second-order valence-corrected chi connectivity index (χ2v) is 4.31. The van der Waals surface area contributed by atoms with Gasteiger partial charge in [0.05, 0.1) is 0 Å². The van der Waals surface area contributed by atoms with Crippen LogP contribution in [0.2, 0.25) is 0 Å². The fourth-order valence-corrected chi connectivity index (χ4v) is 1.89. The smallest absolute Gasteiger partial charge is 0.325 e. The van der Waals surface area contributed by atoms with Crippen LogP contribution in [0.25, 0.3) is 0 Å². The normalized spacial score (nSPS) is 29.3. The number of carboxylic acids is 1. The predicted octanol–water partition coefficient (Wildman–Crippen LogP) is -0.101. The second kappa shape index (κ2) is 4.92. The molecule has 15 heavy (non-hydrogen) atoms. The van der Waals surface area contributed by atoms with Crippen LogP contribution in [-0.4, -0.2) is 54.4 Å². The first-order valence-corrected chi connectivity index (χ1v) is 5.25. The average Bonchev–Trinajstić information content (AvgIpc) is 2.59. The Morgan fingerprint density at radius 1 is 1.73 bits per heavy atom. The van der Waals surface area contributed by atoms with Crippen LogP contribution in [0.5, 0.6) is 0 Å². The minimum absolute atomic E-state index is 0.328. The number of hydrogen-bond acceptors (Lipinski definition) is 4. The summed E-state index contributed by atoms with van der Waals surface area (Å²) in [7, 11) is 1.67. The molecular formula is C10H20N2O3. The minimum atomic E-state index is -1.05. The molecule has 0 amide bonds. The van der Waals surface area contributed by atoms with E-state index in [1.54, 1.807) is 7.11 Å². The molecule has 1 aliphatic heterocycles. The van der Waals surface area contributed by atoms with Crippen molar-refractivity contribution in [2.24, 2.45) is 5.73 Å². The predicted molar refractivity (Wildman–Crippen MR) is 56.7 cm³/mol. The van der Waals surface area contributed by atoms with E-state index in [1.807, 2.05) is 0 Å². The number of aliphatic carboxylic acids is 1. The molecule has 0 spiro atoms. The molecule has 5 nitrogen and oxygen atoms in total. The van der Waals surface area contributed by atoms with Gasteiger partial charge in [-0.15, -0.1) is 0 Å². The van der Waals surface area contributed by atoms with Gasteiger partial charge in [-0.1, -0.05) is 0 Å². The van der Waals surface area contributed by atoms with E-state index in [2.05, 4.69) is 11.8 Å². The lowest BCUT2D eigenvalue weighted by Gasteiger charge is -2.25. The lowest BCUT2D eigenvalue weighted by molar-refractivity contribution is -0.142. The van der Waals surface area contributed by atoms with Crippen LogP contribution in [0.15, 0.2) is 0 Å². The summed E-state index contributed by atoms with van der Waals surface area (Å²) in [6.45, 7) is 3.97. The highest BCUT2D eigenvalue weighted by molar-refractivity contribution is 5.79. The van der Waals surface area contributed by atoms with Crippen LogP contribution in [0.1, 0.15) is 19.8 Å². The van der Waals surface area contributed by atoms with Gasteiger partial charge in [-0.3, -0.25) is 9.69 Å². The summed E-state index contributed by atoms with van der Waals surface area (Å²) in [5.74, 6) is -0.899. The molecule has 1 fully saturated rings. The third-order valence-electron chi connectivity index (χ3n) is 3.12. The first kappa shape index (κ1) is 12.4. The molecule has 1 saturated heterocycles. The average molecular weight is 216 g/mol. The molecule has 0 aromatic carbocycles. The van der Waals surface area contributed by atoms with Crippen molar-refractivity contribution in [3.05, 3.63) is 0 Å². The summed E-state index contributed by atoms with van der Waals surface area (Å²) in [5, 5.41) is 8.97. The number of nitrogens with two attached hydrogens (primary N) is 1. The number of ether oxygens (including phenoxy) is 1. The van der Waals surface area contributed by atoms with Crippen LogP contribution in [-0.2, 0) is 9.53 Å². The fourth-order valence-electron chi connectivity index (χ4n) is 1.89. The van der Waals surface area contributed by atoms with Gasteiger partial charge in [-0.25, -0.2) is 0 Å². The van der Waals surface area contributed by atoms with Crippen molar-refractivity contribution in [3.63, 3.8) is 0 Å². The van der Waals surface area contributed by atoms with E-state index in [0.717, 1.165) is 13.0 Å². The molecule has 1 heterocycles. The molecule has 2 atom stereocenters. The van der Waals surface area contributed by atoms with Crippen LogP contribution in [0, 0.1) is 0 Å². The van der Waals surface area contributed by atoms with Crippen LogP contribution in [0.4, 0.5) is 0 Å². The van der Waals surface area contributed by atoms with Crippen molar-refractivity contribution in [1.29, 1.82) is 0 Å². The van der Waals surface area contributed by atoms with Crippen molar-refractivity contribution in [3.8, 4) is 0 Å².